The fourth-order valence-corrected chi connectivity index (χ4v) is 2.95. The lowest BCUT2D eigenvalue weighted by molar-refractivity contribution is -0.384. The highest BCUT2D eigenvalue weighted by atomic mass is 35.5. The lowest BCUT2D eigenvalue weighted by Crippen LogP contribution is -2.12. The highest BCUT2D eigenvalue weighted by molar-refractivity contribution is 6.34. The topological polar surface area (TPSA) is 122 Å². The molecule has 0 saturated carbocycles. The Morgan fingerprint density at radius 1 is 1.07 bits per heavy atom. The molecule has 0 saturated heterocycles. The summed E-state index contributed by atoms with van der Waals surface area (Å²) in [5.74, 6) is 1.56. The van der Waals surface area contributed by atoms with Crippen molar-refractivity contribution in [1.82, 2.24) is 9.97 Å². The number of nitrogens with zero attached hydrogens (tertiary/aromatic N) is 3. The lowest BCUT2D eigenvalue weighted by atomic mass is 10.2. The molecule has 0 unspecified atom stereocenters. The molecule has 9 nitrogen and oxygen atoms in total. The highest BCUT2D eigenvalue weighted by Gasteiger charge is 2.15. The Labute approximate surface area is 177 Å². The van der Waals surface area contributed by atoms with E-state index >= 15 is 0 Å². The van der Waals surface area contributed by atoms with E-state index in [0.717, 1.165) is 24.1 Å². The molecular formula is C20H19ClN6O3. The second kappa shape index (κ2) is 9.19. The quantitative estimate of drug-likeness (QED) is 0.367. The van der Waals surface area contributed by atoms with Gasteiger partial charge in [-0.05, 0) is 44.2 Å². The van der Waals surface area contributed by atoms with Gasteiger partial charge in [-0.15, -0.1) is 0 Å². The molecule has 0 radical (unpaired) electrons. The third-order valence-electron chi connectivity index (χ3n) is 4.02. The van der Waals surface area contributed by atoms with Crippen LogP contribution in [0.15, 0.2) is 48.5 Å². The summed E-state index contributed by atoms with van der Waals surface area (Å²) < 4.78 is 0. The lowest BCUT2D eigenvalue weighted by Gasteiger charge is -2.11. The Bertz CT molecular complexity index is 1090. The molecule has 0 atom stereocenters. The molecule has 0 bridgehead atoms. The predicted molar refractivity (Wildman–Crippen MR) is 117 cm³/mol. The molecule has 3 aromatic rings. The van der Waals surface area contributed by atoms with Crippen LogP contribution >= 0.6 is 11.6 Å². The molecule has 154 valence electrons. The maximum Gasteiger partial charge on any atom is 0.270 e. The zero-order valence-electron chi connectivity index (χ0n) is 16.3. The molecule has 1 heterocycles. The number of nitro groups is 1. The van der Waals surface area contributed by atoms with E-state index < -0.39 is 10.8 Å². The van der Waals surface area contributed by atoms with Gasteiger partial charge in [-0.3, -0.25) is 14.9 Å². The summed E-state index contributed by atoms with van der Waals surface area (Å²) in [6.07, 6.45) is 0. The number of anilines is 4. The van der Waals surface area contributed by atoms with Crippen molar-refractivity contribution in [2.45, 2.75) is 13.8 Å². The van der Waals surface area contributed by atoms with Crippen LogP contribution in [0.2, 0.25) is 5.02 Å². The summed E-state index contributed by atoms with van der Waals surface area (Å²) in [7, 11) is 0. The van der Waals surface area contributed by atoms with Crippen LogP contribution in [0.4, 0.5) is 28.7 Å². The van der Waals surface area contributed by atoms with Gasteiger partial charge in [0.2, 0.25) is 0 Å². The Morgan fingerprint density at radius 3 is 2.37 bits per heavy atom. The first kappa shape index (κ1) is 21.0. The SMILES string of the molecule is CCNc1cc(Nc2ccc(NC(=O)c3ccc([N+](=O)[O-])cc3Cl)cc2)nc(C)n1. The maximum absolute atomic E-state index is 12.4. The third-order valence-corrected chi connectivity index (χ3v) is 4.33. The van der Waals surface area contributed by atoms with Crippen LogP contribution in [0, 0.1) is 17.0 Å². The molecule has 0 fully saturated rings. The molecule has 3 rings (SSSR count). The smallest absolute Gasteiger partial charge is 0.270 e. The van der Waals surface area contributed by atoms with Crippen LogP contribution in [-0.2, 0) is 0 Å². The summed E-state index contributed by atoms with van der Waals surface area (Å²) in [5.41, 5.74) is 1.30. The van der Waals surface area contributed by atoms with Crippen LogP contribution in [0.1, 0.15) is 23.1 Å². The number of aromatic nitrogens is 2. The van der Waals surface area contributed by atoms with Gasteiger partial charge >= 0.3 is 0 Å². The van der Waals surface area contributed by atoms with E-state index in [1.165, 1.54) is 12.1 Å². The monoisotopic (exact) mass is 426 g/mol. The van der Waals surface area contributed by atoms with Gasteiger partial charge in [0.25, 0.3) is 11.6 Å². The fourth-order valence-electron chi connectivity index (χ4n) is 2.69. The summed E-state index contributed by atoms with van der Waals surface area (Å²) in [4.78, 5) is 31.3. The van der Waals surface area contributed by atoms with Crippen LogP contribution < -0.4 is 16.0 Å². The molecule has 1 amide bonds. The molecule has 1 aromatic heterocycles. The minimum absolute atomic E-state index is 0.00983. The Morgan fingerprint density at radius 2 is 1.73 bits per heavy atom. The number of hydrogen-bond donors (Lipinski definition) is 3. The van der Waals surface area contributed by atoms with Crippen molar-refractivity contribution in [2.75, 3.05) is 22.5 Å². The van der Waals surface area contributed by atoms with Crippen LogP contribution in [0.25, 0.3) is 0 Å². The van der Waals surface area contributed by atoms with Gasteiger partial charge in [0, 0.05) is 36.1 Å². The molecule has 0 aliphatic carbocycles. The number of nitro benzene ring substituents is 1. The number of amides is 1. The van der Waals surface area contributed by atoms with Crippen LogP contribution in [0.3, 0.4) is 0 Å². The van der Waals surface area contributed by atoms with E-state index in [4.69, 9.17) is 11.6 Å². The predicted octanol–water partition coefficient (Wildman–Crippen LogP) is 4.77. The Kier molecular flexibility index (Phi) is 6.43. The highest BCUT2D eigenvalue weighted by Crippen LogP contribution is 2.24. The summed E-state index contributed by atoms with van der Waals surface area (Å²) >= 11 is 6.01. The second-order valence-electron chi connectivity index (χ2n) is 6.29. The zero-order valence-corrected chi connectivity index (χ0v) is 17.0. The van der Waals surface area contributed by atoms with Gasteiger partial charge in [0.15, 0.2) is 0 Å². The zero-order chi connectivity index (χ0) is 21.7. The molecule has 0 spiro atoms. The Balaban J connectivity index is 1.69. The number of nitrogens with one attached hydrogen (secondary N) is 3. The van der Waals surface area contributed by atoms with Crippen molar-refractivity contribution in [3.8, 4) is 0 Å². The molecule has 3 N–H and O–H groups in total. The first-order valence-corrected chi connectivity index (χ1v) is 9.45. The van der Waals surface area contributed by atoms with Gasteiger partial charge in [-0.2, -0.15) is 0 Å². The number of hydrogen-bond acceptors (Lipinski definition) is 7. The van der Waals surface area contributed by atoms with Crippen LogP contribution in [-0.4, -0.2) is 27.3 Å². The standard InChI is InChI=1S/C20H19ClN6O3/c1-3-22-18-11-19(24-12(2)23-18)25-13-4-6-14(7-5-13)26-20(28)16-9-8-15(27(29)30)10-17(16)21/h4-11H,3H2,1-2H3,(H,26,28)(H2,22,23,24,25). The van der Waals surface area contributed by atoms with E-state index in [1.807, 2.05) is 19.9 Å². The van der Waals surface area contributed by atoms with Crippen molar-refractivity contribution in [2.24, 2.45) is 0 Å². The van der Waals surface area contributed by atoms with Crippen molar-refractivity contribution < 1.29 is 9.72 Å². The Hall–Kier alpha value is -3.72. The van der Waals surface area contributed by atoms with Gasteiger partial charge in [-0.25, -0.2) is 9.97 Å². The van der Waals surface area contributed by atoms with Gasteiger partial charge in [0.1, 0.15) is 17.5 Å². The van der Waals surface area contributed by atoms with Crippen molar-refractivity contribution in [3.63, 3.8) is 0 Å². The van der Waals surface area contributed by atoms with Gasteiger partial charge in [-0.1, -0.05) is 11.6 Å². The number of benzene rings is 2. The molecule has 2 aromatic carbocycles. The van der Waals surface area contributed by atoms with E-state index in [1.54, 1.807) is 24.3 Å². The molecule has 0 aliphatic heterocycles. The molecule has 10 heteroatoms. The number of carbonyl (C=O) groups excluding carboxylic acids is 1. The number of non-ortho nitro benzene ring substituents is 1. The van der Waals surface area contributed by atoms with Crippen molar-refractivity contribution in [3.05, 3.63) is 75.1 Å². The normalized spacial score (nSPS) is 10.4. The van der Waals surface area contributed by atoms with E-state index in [-0.39, 0.29) is 16.3 Å². The fraction of sp³-hybridized carbons (Fsp3) is 0.150. The molecule has 0 aliphatic rings. The average Bonchev–Trinajstić information content (AvgIpc) is 2.69. The van der Waals surface area contributed by atoms with E-state index in [9.17, 15) is 14.9 Å². The summed E-state index contributed by atoms with van der Waals surface area (Å²) in [6.45, 7) is 4.55. The van der Waals surface area contributed by atoms with Crippen molar-refractivity contribution in [1.29, 1.82) is 0 Å². The van der Waals surface area contributed by atoms with Crippen LogP contribution in [0.5, 0.6) is 0 Å². The van der Waals surface area contributed by atoms with Gasteiger partial charge in [0.05, 0.1) is 15.5 Å². The summed E-state index contributed by atoms with van der Waals surface area (Å²) in [5, 5.41) is 19.9. The molecule has 30 heavy (non-hydrogen) atoms. The number of aryl methyl sites for hydroxylation is 1. The van der Waals surface area contributed by atoms with E-state index in [2.05, 4.69) is 25.9 Å². The van der Waals surface area contributed by atoms with Gasteiger partial charge < -0.3 is 16.0 Å². The number of carbonyl (C=O) groups is 1. The first-order valence-electron chi connectivity index (χ1n) is 9.07. The largest absolute Gasteiger partial charge is 0.370 e. The number of halogens is 1. The number of rotatable bonds is 7. The molecular weight excluding hydrogens is 408 g/mol. The summed E-state index contributed by atoms with van der Waals surface area (Å²) in [6, 6.07) is 12.5. The average molecular weight is 427 g/mol. The maximum atomic E-state index is 12.4. The second-order valence-corrected chi connectivity index (χ2v) is 6.70. The minimum Gasteiger partial charge on any atom is -0.370 e. The first-order chi connectivity index (χ1) is 14.4. The van der Waals surface area contributed by atoms with E-state index in [0.29, 0.717) is 17.3 Å². The minimum atomic E-state index is -0.570. The van der Waals surface area contributed by atoms with Crippen molar-refractivity contribution >= 4 is 46.2 Å². The third kappa shape index (κ3) is 5.21.